The molecule has 0 aliphatic carbocycles. The summed E-state index contributed by atoms with van der Waals surface area (Å²) in [6, 6.07) is 31.8. The Kier molecular flexibility index (Phi) is 5.61. The van der Waals surface area contributed by atoms with Gasteiger partial charge in [0.2, 0.25) is 0 Å². The predicted octanol–water partition coefficient (Wildman–Crippen LogP) is 5.46. The smallest absolute Gasteiger partial charge is 0.0752 e. The molecule has 1 heterocycles. The molecule has 3 aromatic carbocycles. The molecule has 28 heavy (non-hydrogen) atoms. The van der Waals surface area contributed by atoms with Crippen molar-refractivity contribution in [2.75, 3.05) is 0 Å². The molecule has 0 spiro atoms. The van der Waals surface area contributed by atoms with Gasteiger partial charge in [-0.15, -0.1) is 0 Å². The molecule has 0 aromatic heterocycles. The summed E-state index contributed by atoms with van der Waals surface area (Å²) in [6.45, 7) is 2.20. The monoisotopic (exact) mass is 371 g/mol. The summed E-state index contributed by atoms with van der Waals surface area (Å²) in [5.74, 6) is 0.148. The van der Waals surface area contributed by atoms with Crippen LogP contribution in [-0.4, -0.2) is 10.7 Å². The van der Waals surface area contributed by atoms with E-state index in [-0.39, 0.29) is 18.0 Å². The first-order valence-electron chi connectivity index (χ1n) is 10.3. The van der Waals surface area contributed by atoms with Gasteiger partial charge in [-0.25, -0.2) is 0 Å². The number of hydrogen-bond acceptors (Lipinski definition) is 2. The Hall–Kier alpha value is -2.42. The molecule has 4 rings (SSSR count). The van der Waals surface area contributed by atoms with E-state index in [1.807, 2.05) is 12.1 Å². The summed E-state index contributed by atoms with van der Waals surface area (Å²) in [5.41, 5.74) is 2.93. The van der Waals surface area contributed by atoms with E-state index in [1.54, 1.807) is 0 Å². The summed E-state index contributed by atoms with van der Waals surface area (Å²) in [7, 11) is 0. The Bertz CT molecular complexity index is 865. The Morgan fingerprint density at radius 2 is 1.36 bits per heavy atom. The molecule has 2 nitrogen and oxygen atoms in total. The van der Waals surface area contributed by atoms with Gasteiger partial charge in [0.15, 0.2) is 0 Å². The first-order valence-corrected chi connectivity index (χ1v) is 10.3. The van der Waals surface area contributed by atoms with E-state index >= 15 is 0 Å². The average molecular weight is 372 g/mol. The zero-order valence-corrected chi connectivity index (χ0v) is 16.5. The fourth-order valence-electron chi connectivity index (χ4n) is 4.86. The highest BCUT2D eigenvalue weighted by molar-refractivity contribution is 5.28. The molecule has 1 aliphatic heterocycles. The average Bonchev–Trinajstić information content (AvgIpc) is 2.75. The van der Waals surface area contributed by atoms with E-state index in [2.05, 4.69) is 91.1 Å². The van der Waals surface area contributed by atoms with Gasteiger partial charge in [0.05, 0.1) is 5.60 Å². The topological polar surface area (TPSA) is 32.3 Å². The van der Waals surface area contributed by atoms with Gasteiger partial charge < -0.3 is 10.4 Å². The van der Waals surface area contributed by atoms with Crippen molar-refractivity contribution in [3.63, 3.8) is 0 Å². The summed E-state index contributed by atoms with van der Waals surface area (Å²) < 4.78 is 0. The Balaban J connectivity index is 1.73. The van der Waals surface area contributed by atoms with E-state index in [9.17, 15) is 5.11 Å². The van der Waals surface area contributed by atoms with Crippen LogP contribution in [0.4, 0.5) is 0 Å². The Labute approximate surface area is 168 Å². The largest absolute Gasteiger partial charge is 0.389 e. The number of nitrogens with one attached hydrogen (secondary N) is 1. The molecular formula is C26H29NO. The molecule has 0 radical (unpaired) electrons. The van der Waals surface area contributed by atoms with Crippen LogP contribution in [-0.2, 0) is 6.42 Å². The van der Waals surface area contributed by atoms with E-state index in [0.717, 1.165) is 6.42 Å². The van der Waals surface area contributed by atoms with Gasteiger partial charge in [-0.05, 0) is 29.5 Å². The first-order chi connectivity index (χ1) is 13.7. The van der Waals surface area contributed by atoms with Gasteiger partial charge in [0, 0.05) is 24.4 Å². The molecule has 144 valence electrons. The fraction of sp³-hybridized carbons (Fsp3) is 0.308. The summed E-state index contributed by atoms with van der Waals surface area (Å²) in [4.78, 5) is 0. The van der Waals surface area contributed by atoms with Crippen LogP contribution in [0.1, 0.15) is 48.5 Å². The summed E-state index contributed by atoms with van der Waals surface area (Å²) >= 11 is 0. The highest BCUT2D eigenvalue weighted by Gasteiger charge is 2.47. The minimum atomic E-state index is -0.762. The third kappa shape index (κ3) is 3.89. The second kappa shape index (κ2) is 8.30. The zero-order chi connectivity index (χ0) is 19.4. The lowest BCUT2D eigenvalue weighted by atomic mass is 9.67. The van der Waals surface area contributed by atoms with Crippen LogP contribution in [0.15, 0.2) is 91.0 Å². The van der Waals surface area contributed by atoms with Crippen LogP contribution >= 0.6 is 0 Å². The molecule has 2 heteroatoms. The van der Waals surface area contributed by atoms with Gasteiger partial charge in [-0.2, -0.15) is 0 Å². The van der Waals surface area contributed by atoms with Crippen molar-refractivity contribution in [3.8, 4) is 0 Å². The second-order valence-corrected chi connectivity index (χ2v) is 8.00. The number of aliphatic hydroxyl groups is 1. The highest BCUT2D eigenvalue weighted by Crippen LogP contribution is 2.46. The van der Waals surface area contributed by atoms with Crippen LogP contribution in [0, 0.1) is 5.92 Å². The SMILES string of the molecule is CC[C@@H]1[C@@H](c2ccccc2)N[C@H](c2ccccc2)C[C@]1(O)Cc1ccccc1. The molecule has 1 aliphatic rings. The minimum Gasteiger partial charge on any atom is -0.389 e. The standard InChI is InChI=1S/C26H29NO/c1-2-23-25(22-16-10-5-11-17-22)27-24(21-14-8-4-9-15-21)19-26(23,28)18-20-12-6-3-7-13-20/h3-17,23-25,27-28H,2,18-19H2,1H3/t23-,24+,25-,26-/m1/s1. The molecular weight excluding hydrogens is 342 g/mol. The molecule has 0 bridgehead atoms. The Morgan fingerprint density at radius 3 is 1.93 bits per heavy atom. The van der Waals surface area contributed by atoms with Crippen molar-refractivity contribution in [2.45, 2.75) is 43.9 Å². The van der Waals surface area contributed by atoms with Gasteiger partial charge in [-0.3, -0.25) is 0 Å². The van der Waals surface area contributed by atoms with Gasteiger partial charge in [-0.1, -0.05) is 97.9 Å². The maximum Gasteiger partial charge on any atom is 0.0752 e. The van der Waals surface area contributed by atoms with Crippen LogP contribution in [0.5, 0.6) is 0 Å². The van der Waals surface area contributed by atoms with E-state index in [0.29, 0.717) is 12.8 Å². The highest BCUT2D eigenvalue weighted by atomic mass is 16.3. The molecule has 0 saturated carbocycles. The van der Waals surface area contributed by atoms with E-state index < -0.39 is 5.60 Å². The number of rotatable bonds is 5. The molecule has 4 atom stereocenters. The van der Waals surface area contributed by atoms with Crippen LogP contribution in [0.3, 0.4) is 0 Å². The van der Waals surface area contributed by atoms with E-state index in [1.165, 1.54) is 16.7 Å². The lowest BCUT2D eigenvalue weighted by Gasteiger charge is -2.49. The van der Waals surface area contributed by atoms with Crippen LogP contribution in [0.25, 0.3) is 0 Å². The lowest BCUT2D eigenvalue weighted by Crippen LogP contribution is -2.54. The maximum atomic E-state index is 12.0. The maximum absolute atomic E-state index is 12.0. The number of piperidine rings is 1. The molecule has 3 aromatic rings. The minimum absolute atomic E-state index is 0.124. The summed E-state index contributed by atoms with van der Waals surface area (Å²) in [5, 5.41) is 15.9. The lowest BCUT2D eigenvalue weighted by molar-refractivity contribution is -0.0761. The van der Waals surface area contributed by atoms with Crippen molar-refractivity contribution in [2.24, 2.45) is 5.92 Å². The fourth-order valence-corrected chi connectivity index (χ4v) is 4.86. The van der Waals surface area contributed by atoms with Gasteiger partial charge >= 0.3 is 0 Å². The number of hydrogen-bond donors (Lipinski definition) is 2. The third-order valence-electron chi connectivity index (χ3n) is 6.18. The van der Waals surface area contributed by atoms with Crippen molar-refractivity contribution >= 4 is 0 Å². The van der Waals surface area contributed by atoms with Crippen molar-refractivity contribution in [3.05, 3.63) is 108 Å². The molecule has 0 unspecified atom stereocenters. The quantitative estimate of drug-likeness (QED) is 0.624. The van der Waals surface area contributed by atoms with Crippen LogP contribution in [0.2, 0.25) is 0 Å². The second-order valence-electron chi connectivity index (χ2n) is 8.00. The van der Waals surface area contributed by atoms with Gasteiger partial charge in [0.25, 0.3) is 0 Å². The molecule has 0 amide bonds. The van der Waals surface area contributed by atoms with Gasteiger partial charge in [0.1, 0.15) is 0 Å². The predicted molar refractivity (Wildman–Crippen MR) is 115 cm³/mol. The van der Waals surface area contributed by atoms with E-state index in [4.69, 9.17) is 0 Å². The zero-order valence-electron chi connectivity index (χ0n) is 16.5. The van der Waals surface area contributed by atoms with Crippen molar-refractivity contribution in [1.82, 2.24) is 5.32 Å². The molecule has 2 N–H and O–H groups in total. The van der Waals surface area contributed by atoms with Crippen LogP contribution < -0.4 is 5.32 Å². The van der Waals surface area contributed by atoms with Crippen molar-refractivity contribution in [1.29, 1.82) is 0 Å². The third-order valence-corrected chi connectivity index (χ3v) is 6.18. The number of benzene rings is 3. The van der Waals surface area contributed by atoms with Crippen molar-refractivity contribution < 1.29 is 5.11 Å². The molecule has 1 fully saturated rings. The Morgan fingerprint density at radius 1 is 0.821 bits per heavy atom. The molecule has 1 saturated heterocycles. The normalized spacial score (nSPS) is 27.4. The first kappa shape index (κ1) is 18.9. The summed E-state index contributed by atoms with van der Waals surface area (Å²) in [6.07, 6.45) is 2.33.